The highest BCUT2D eigenvalue weighted by Crippen LogP contribution is 2.16. The van der Waals surface area contributed by atoms with Gasteiger partial charge in [0.1, 0.15) is 13.2 Å². The summed E-state index contributed by atoms with van der Waals surface area (Å²) in [6.07, 6.45) is 97.5. The highest BCUT2D eigenvalue weighted by Gasteiger charge is 2.19. The van der Waals surface area contributed by atoms with E-state index in [1.54, 1.807) is 0 Å². The molecule has 0 aliphatic carbocycles. The van der Waals surface area contributed by atoms with Gasteiger partial charge in [0.15, 0.2) is 6.10 Å². The van der Waals surface area contributed by atoms with Crippen LogP contribution < -0.4 is 0 Å². The molecule has 0 amide bonds. The normalized spacial score (nSPS) is 13.1. The maximum atomic E-state index is 12.9. The van der Waals surface area contributed by atoms with E-state index >= 15 is 0 Å². The van der Waals surface area contributed by atoms with Crippen LogP contribution in [0.1, 0.15) is 290 Å². The largest absolute Gasteiger partial charge is 0.462 e. The Labute approximate surface area is 499 Å². The second-order valence-corrected chi connectivity index (χ2v) is 21.6. The number of allylic oxidation sites excluding steroid dienone is 24. The van der Waals surface area contributed by atoms with Gasteiger partial charge in [-0.15, -0.1) is 0 Å². The summed E-state index contributed by atoms with van der Waals surface area (Å²) in [7, 11) is 0. The summed E-state index contributed by atoms with van der Waals surface area (Å²) in [5.41, 5.74) is 0. The third kappa shape index (κ3) is 66.0. The molecule has 0 saturated carbocycles. The molecule has 0 aromatic heterocycles. The van der Waals surface area contributed by atoms with Crippen LogP contribution in [0.15, 0.2) is 146 Å². The monoisotopic (exact) mass is 1120 g/mol. The highest BCUT2D eigenvalue weighted by molar-refractivity contribution is 5.71. The number of esters is 3. The van der Waals surface area contributed by atoms with Gasteiger partial charge in [-0.2, -0.15) is 0 Å². The fourth-order valence-electron chi connectivity index (χ4n) is 8.91. The third-order valence-corrected chi connectivity index (χ3v) is 13.8. The standard InChI is InChI=1S/C75H122O6/c1-4-7-10-13-16-19-22-25-27-29-31-33-35-36-37-38-40-41-43-45-47-50-53-56-59-62-65-68-74(77)80-71-72(70-79-73(76)67-64-61-58-55-52-49-24-21-18-15-12-9-6-3)81-75(78)69-66-63-60-57-54-51-48-46-44-42-39-34-32-30-28-26-23-20-17-14-11-8-5-2/h8-9,11-12,17-18,20-21,26,28-29,31-32,34,42,44,48-49,51-52,57-58,60-61,72H,4-7,10,13-16,19,22-25,27,30,33,35-41,43,45-47,50,53-56,59,62-71H2,1-3H3/b11-8-,12-9-,20-17-,21-18-,28-26-,31-29-,34-32-,44-42-,51-48-,52-49-,60-57-,61-58-. The molecule has 0 aliphatic heterocycles. The van der Waals surface area contributed by atoms with Crippen molar-refractivity contribution in [3.63, 3.8) is 0 Å². The van der Waals surface area contributed by atoms with Crippen LogP contribution in [0.3, 0.4) is 0 Å². The van der Waals surface area contributed by atoms with Crippen LogP contribution >= 0.6 is 0 Å². The number of hydrogen-bond acceptors (Lipinski definition) is 6. The molecule has 1 unspecified atom stereocenters. The molecule has 0 radical (unpaired) electrons. The van der Waals surface area contributed by atoms with Crippen molar-refractivity contribution in [2.24, 2.45) is 0 Å². The summed E-state index contributed by atoms with van der Waals surface area (Å²) in [5.74, 6) is -1.07. The molecular formula is C75H122O6. The number of rotatable bonds is 59. The predicted molar refractivity (Wildman–Crippen MR) is 352 cm³/mol. The molecule has 0 aliphatic rings. The Balaban J connectivity index is 4.42. The van der Waals surface area contributed by atoms with E-state index in [0.717, 1.165) is 96.3 Å². The first-order valence-electron chi connectivity index (χ1n) is 33.3. The molecule has 0 spiro atoms. The average molecular weight is 1120 g/mol. The van der Waals surface area contributed by atoms with Gasteiger partial charge in [0.05, 0.1) is 0 Å². The van der Waals surface area contributed by atoms with Crippen LogP contribution in [0.2, 0.25) is 0 Å². The SMILES string of the molecule is CC/C=C\C/C=C\C/C=C\C/C=C\C/C=C\C/C=C\C/C=C\CCCC(=O)OC(COC(=O)CC/C=C\C/C=C\C/C=C\C/C=C\CC)COC(=O)CCCCCCCCCCCCCCCCC/C=C\CCCCCCCCCC. The van der Waals surface area contributed by atoms with Crippen LogP contribution in [0.25, 0.3) is 0 Å². The minimum absolute atomic E-state index is 0.127. The molecule has 0 N–H and O–H groups in total. The first kappa shape index (κ1) is 76.3. The summed E-state index contributed by atoms with van der Waals surface area (Å²) in [6.45, 7) is 6.31. The molecular weight excluding hydrogens is 997 g/mol. The van der Waals surface area contributed by atoms with Crippen molar-refractivity contribution in [3.8, 4) is 0 Å². The third-order valence-electron chi connectivity index (χ3n) is 13.8. The van der Waals surface area contributed by atoms with Gasteiger partial charge in [0.25, 0.3) is 0 Å². The minimum Gasteiger partial charge on any atom is -0.462 e. The second-order valence-electron chi connectivity index (χ2n) is 21.6. The van der Waals surface area contributed by atoms with Gasteiger partial charge in [0, 0.05) is 19.3 Å². The molecule has 6 nitrogen and oxygen atoms in total. The molecule has 0 aromatic carbocycles. The summed E-state index contributed by atoms with van der Waals surface area (Å²) in [6, 6.07) is 0. The molecule has 0 rings (SSSR count). The van der Waals surface area contributed by atoms with Crippen LogP contribution in [-0.2, 0) is 28.6 Å². The number of unbranched alkanes of at least 4 members (excludes halogenated alkanes) is 24. The smallest absolute Gasteiger partial charge is 0.306 e. The van der Waals surface area contributed by atoms with E-state index < -0.39 is 6.10 Å². The quantitative estimate of drug-likeness (QED) is 0.0261. The van der Waals surface area contributed by atoms with Crippen molar-refractivity contribution in [3.05, 3.63) is 146 Å². The lowest BCUT2D eigenvalue weighted by atomic mass is 10.0. The van der Waals surface area contributed by atoms with Gasteiger partial charge in [-0.25, -0.2) is 0 Å². The van der Waals surface area contributed by atoms with Crippen molar-refractivity contribution in [1.29, 1.82) is 0 Å². The summed E-state index contributed by atoms with van der Waals surface area (Å²) in [4.78, 5) is 38.3. The second kappa shape index (κ2) is 67.8. The van der Waals surface area contributed by atoms with Gasteiger partial charge in [-0.05, 0) is 122 Å². The average Bonchev–Trinajstić information content (AvgIpc) is 3.46. The van der Waals surface area contributed by atoms with E-state index in [1.165, 1.54) is 141 Å². The molecule has 0 bridgehead atoms. The Morgan fingerprint density at radius 1 is 0.259 bits per heavy atom. The van der Waals surface area contributed by atoms with Gasteiger partial charge in [-0.1, -0.05) is 295 Å². The van der Waals surface area contributed by atoms with Gasteiger partial charge < -0.3 is 14.2 Å². The zero-order chi connectivity index (χ0) is 58.5. The predicted octanol–water partition coefficient (Wildman–Crippen LogP) is 23.1. The van der Waals surface area contributed by atoms with Crippen molar-refractivity contribution in [1.82, 2.24) is 0 Å². The molecule has 0 saturated heterocycles. The zero-order valence-corrected chi connectivity index (χ0v) is 52.5. The maximum absolute atomic E-state index is 12.9. The van der Waals surface area contributed by atoms with Crippen molar-refractivity contribution < 1.29 is 28.6 Å². The molecule has 0 heterocycles. The Bertz CT molecular complexity index is 1760. The Hall–Kier alpha value is -4.71. The summed E-state index contributed by atoms with van der Waals surface area (Å²) in [5, 5.41) is 0. The zero-order valence-electron chi connectivity index (χ0n) is 52.5. The first-order chi connectivity index (χ1) is 40.0. The lowest BCUT2D eigenvalue weighted by Gasteiger charge is -2.18. The van der Waals surface area contributed by atoms with Crippen molar-refractivity contribution in [2.45, 2.75) is 297 Å². The van der Waals surface area contributed by atoms with Crippen LogP contribution in [0.4, 0.5) is 0 Å². The van der Waals surface area contributed by atoms with E-state index in [2.05, 4.69) is 154 Å². The number of ether oxygens (including phenoxy) is 3. The van der Waals surface area contributed by atoms with Gasteiger partial charge >= 0.3 is 17.9 Å². The fourth-order valence-corrected chi connectivity index (χ4v) is 8.91. The summed E-state index contributed by atoms with van der Waals surface area (Å²) >= 11 is 0. The number of carbonyl (C=O) groups excluding carboxylic acids is 3. The highest BCUT2D eigenvalue weighted by atomic mass is 16.6. The fraction of sp³-hybridized carbons (Fsp3) is 0.640. The van der Waals surface area contributed by atoms with Gasteiger partial charge in [-0.3, -0.25) is 14.4 Å². The van der Waals surface area contributed by atoms with Crippen molar-refractivity contribution >= 4 is 17.9 Å². The Morgan fingerprint density at radius 2 is 0.519 bits per heavy atom. The summed E-state index contributed by atoms with van der Waals surface area (Å²) < 4.78 is 16.8. The minimum atomic E-state index is -0.844. The van der Waals surface area contributed by atoms with Gasteiger partial charge in [0.2, 0.25) is 0 Å². The lowest BCUT2D eigenvalue weighted by Crippen LogP contribution is -2.30. The van der Waals surface area contributed by atoms with E-state index in [0.29, 0.717) is 19.3 Å². The molecule has 1 atom stereocenters. The Kier molecular flexibility index (Phi) is 63.9. The number of hydrogen-bond donors (Lipinski definition) is 0. The van der Waals surface area contributed by atoms with Crippen molar-refractivity contribution in [2.75, 3.05) is 13.2 Å². The first-order valence-corrected chi connectivity index (χ1v) is 33.3. The molecule has 458 valence electrons. The van der Waals surface area contributed by atoms with Crippen LogP contribution in [0, 0.1) is 0 Å². The number of carbonyl (C=O) groups is 3. The van der Waals surface area contributed by atoms with Crippen LogP contribution in [-0.4, -0.2) is 37.2 Å². The topological polar surface area (TPSA) is 78.9 Å². The maximum Gasteiger partial charge on any atom is 0.306 e. The lowest BCUT2D eigenvalue weighted by molar-refractivity contribution is -0.166. The van der Waals surface area contributed by atoms with E-state index in [4.69, 9.17) is 14.2 Å². The molecule has 0 fully saturated rings. The molecule has 6 heteroatoms. The Morgan fingerprint density at radius 3 is 0.877 bits per heavy atom. The van der Waals surface area contributed by atoms with E-state index in [1.807, 2.05) is 12.2 Å². The molecule has 81 heavy (non-hydrogen) atoms. The molecule has 0 aromatic rings. The van der Waals surface area contributed by atoms with E-state index in [-0.39, 0.29) is 44.0 Å². The van der Waals surface area contributed by atoms with E-state index in [9.17, 15) is 14.4 Å². The van der Waals surface area contributed by atoms with Crippen LogP contribution in [0.5, 0.6) is 0 Å².